The highest BCUT2D eigenvalue weighted by Crippen LogP contribution is 2.43. The van der Waals surface area contributed by atoms with Crippen LogP contribution in [-0.2, 0) is 0 Å². The van der Waals surface area contributed by atoms with Crippen LogP contribution in [0, 0.1) is 5.41 Å². The Labute approximate surface area is 128 Å². The maximum atomic E-state index is 9.68. The predicted octanol–water partition coefficient (Wildman–Crippen LogP) is 2.62. The van der Waals surface area contributed by atoms with Crippen LogP contribution in [0.2, 0.25) is 0 Å². The highest BCUT2D eigenvalue weighted by molar-refractivity contribution is 5.19. The monoisotopic (exact) mass is 288 g/mol. The van der Waals surface area contributed by atoms with Crippen molar-refractivity contribution >= 4 is 0 Å². The van der Waals surface area contributed by atoms with Crippen LogP contribution < -0.4 is 10.6 Å². The zero-order valence-electron chi connectivity index (χ0n) is 12.9. The highest BCUT2D eigenvalue weighted by atomic mass is 16.3. The lowest BCUT2D eigenvalue weighted by Gasteiger charge is -2.44. The average molecular weight is 288 g/mol. The topological polar surface area (TPSA) is 44.3 Å². The summed E-state index contributed by atoms with van der Waals surface area (Å²) < 4.78 is 0. The fourth-order valence-corrected chi connectivity index (χ4v) is 4.08. The molecule has 1 aromatic rings. The number of hydrogen-bond acceptors (Lipinski definition) is 3. The van der Waals surface area contributed by atoms with Crippen LogP contribution in [0.25, 0.3) is 0 Å². The first-order valence-corrected chi connectivity index (χ1v) is 8.44. The number of benzene rings is 1. The van der Waals surface area contributed by atoms with Crippen molar-refractivity contribution in [3.8, 4) is 0 Å². The van der Waals surface area contributed by atoms with E-state index in [-0.39, 0.29) is 12.6 Å². The number of aliphatic hydroxyl groups excluding tert-OH is 1. The van der Waals surface area contributed by atoms with Crippen LogP contribution >= 0.6 is 0 Å². The molecule has 0 aromatic heterocycles. The second kappa shape index (κ2) is 6.91. The minimum atomic E-state index is 0.0817. The van der Waals surface area contributed by atoms with Crippen LogP contribution in [0.3, 0.4) is 0 Å². The number of nitrogens with one attached hydrogen (secondary N) is 2. The average Bonchev–Trinajstić information content (AvgIpc) is 2.56. The maximum Gasteiger partial charge on any atom is 0.0626 e. The number of hydrogen-bond donors (Lipinski definition) is 3. The van der Waals surface area contributed by atoms with Crippen LogP contribution in [0.15, 0.2) is 30.3 Å². The van der Waals surface area contributed by atoms with Crippen LogP contribution in [0.1, 0.15) is 50.1 Å². The molecule has 2 aliphatic rings. The van der Waals surface area contributed by atoms with Gasteiger partial charge in [0.25, 0.3) is 0 Å². The molecule has 2 fully saturated rings. The Morgan fingerprint density at radius 3 is 2.38 bits per heavy atom. The van der Waals surface area contributed by atoms with Gasteiger partial charge in [-0.05, 0) is 62.6 Å². The molecular weight excluding hydrogens is 260 g/mol. The molecule has 0 unspecified atom stereocenters. The summed E-state index contributed by atoms with van der Waals surface area (Å²) >= 11 is 0. The predicted molar refractivity (Wildman–Crippen MR) is 86.2 cm³/mol. The summed E-state index contributed by atoms with van der Waals surface area (Å²) in [5.41, 5.74) is 1.81. The van der Waals surface area contributed by atoms with Gasteiger partial charge in [0.05, 0.1) is 12.6 Å². The third-order valence-corrected chi connectivity index (χ3v) is 5.53. The zero-order valence-corrected chi connectivity index (χ0v) is 12.9. The minimum Gasteiger partial charge on any atom is -0.394 e. The van der Waals surface area contributed by atoms with Crippen molar-refractivity contribution in [2.45, 2.75) is 50.6 Å². The Kier molecular flexibility index (Phi) is 4.94. The molecule has 1 aliphatic carbocycles. The summed E-state index contributed by atoms with van der Waals surface area (Å²) in [6, 6.07) is 11.0. The molecule has 1 saturated heterocycles. The Bertz CT molecular complexity index is 418. The SMILES string of the molecule is OC[C@H](NC1CCC2(CCNCC2)CC1)c1ccccc1. The van der Waals surface area contributed by atoms with Crippen LogP contribution in [0.4, 0.5) is 0 Å². The zero-order chi connectivity index (χ0) is 14.5. The van der Waals surface area contributed by atoms with Crippen molar-refractivity contribution in [1.29, 1.82) is 0 Å². The van der Waals surface area contributed by atoms with Gasteiger partial charge in [-0.1, -0.05) is 30.3 Å². The standard InChI is InChI=1S/C18H28N2O/c21-14-17(15-4-2-1-3-5-15)20-16-6-8-18(9-7-16)10-12-19-13-11-18/h1-5,16-17,19-21H,6-14H2/t17-/m0/s1. The summed E-state index contributed by atoms with van der Waals surface area (Å²) in [5, 5.41) is 16.8. The van der Waals surface area contributed by atoms with Crippen molar-refractivity contribution in [3.05, 3.63) is 35.9 Å². The van der Waals surface area contributed by atoms with Crippen molar-refractivity contribution < 1.29 is 5.11 Å². The maximum absolute atomic E-state index is 9.68. The third kappa shape index (κ3) is 3.65. The van der Waals surface area contributed by atoms with Gasteiger partial charge in [0, 0.05) is 6.04 Å². The quantitative estimate of drug-likeness (QED) is 0.798. The van der Waals surface area contributed by atoms with Gasteiger partial charge in [-0.3, -0.25) is 0 Å². The lowest BCUT2D eigenvalue weighted by molar-refractivity contribution is 0.107. The van der Waals surface area contributed by atoms with Crippen molar-refractivity contribution in [2.75, 3.05) is 19.7 Å². The molecule has 1 saturated carbocycles. The van der Waals surface area contributed by atoms with Crippen molar-refractivity contribution in [1.82, 2.24) is 10.6 Å². The molecule has 3 nitrogen and oxygen atoms in total. The van der Waals surface area contributed by atoms with E-state index in [1.54, 1.807) is 0 Å². The molecule has 0 amide bonds. The van der Waals surface area contributed by atoms with Gasteiger partial charge < -0.3 is 15.7 Å². The Balaban J connectivity index is 1.54. The molecule has 3 N–H and O–H groups in total. The van der Waals surface area contributed by atoms with E-state index < -0.39 is 0 Å². The number of rotatable bonds is 4. The molecule has 1 aliphatic heterocycles. The Morgan fingerprint density at radius 1 is 1.10 bits per heavy atom. The van der Waals surface area contributed by atoms with Crippen molar-refractivity contribution in [2.24, 2.45) is 5.41 Å². The van der Waals surface area contributed by atoms with Gasteiger partial charge in [-0.15, -0.1) is 0 Å². The fraction of sp³-hybridized carbons (Fsp3) is 0.667. The fourth-order valence-electron chi connectivity index (χ4n) is 4.08. The molecule has 0 radical (unpaired) electrons. The molecule has 3 rings (SSSR count). The normalized spacial score (nSPS) is 24.0. The molecule has 116 valence electrons. The molecular formula is C18H28N2O. The smallest absolute Gasteiger partial charge is 0.0626 e. The first kappa shape index (κ1) is 15.0. The van der Waals surface area contributed by atoms with E-state index in [2.05, 4.69) is 22.8 Å². The van der Waals surface area contributed by atoms with E-state index >= 15 is 0 Å². The van der Waals surface area contributed by atoms with E-state index in [4.69, 9.17) is 0 Å². The van der Waals surface area contributed by atoms with E-state index in [9.17, 15) is 5.11 Å². The lowest BCUT2D eigenvalue weighted by Crippen LogP contribution is -2.44. The Hall–Kier alpha value is -0.900. The Morgan fingerprint density at radius 2 is 1.76 bits per heavy atom. The summed E-state index contributed by atoms with van der Waals surface area (Å²) in [4.78, 5) is 0. The first-order chi connectivity index (χ1) is 10.3. The summed E-state index contributed by atoms with van der Waals surface area (Å²) in [5.74, 6) is 0. The van der Waals surface area contributed by atoms with E-state index in [1.807, 2.05) is 18.2 Å². The van der Waals surface area contributed by atoms with Gasteiger partial charge in [-0.2, -0.15) is 0 Å². The van der Waals surface area contributed by atoms with E-state index in [0.717, 1.165) is 0 Å². The second-order valence-corrected chi connectivity index (χ2v) is 6.84. The number of aliphatic hydroxyl groups is 1. The highest BCUT2D eigenvalue weighted by Gasteiger charge is 2.36. The van der Waals surface area contributed by atoms with Crippen molar-refractivity contribution in [3.63, 3.8) is 0 Å². The second-order valence-electron chi connectivity index (χ2n) is 6.84. The van der Waals surface area contributed by atoms with Gasteiger partial charge in [0.15, 0.2) is 0 Å². The third-order valence-electron chi connectivity index (χ3n) is 5.53. The molecule has 21 heavy (non-hydrogen) atoms. The van der Waals surface area contributed by atoms with Gasteiger partial charge >= 0.3 is 0 Å². The van der Waals surface area contributed by atoms with Gasteiger partial charge in [-0.25, -0.2) is 0 Å². The van der Waals surface area contributed by atoms with E-state index in [0.29, 0.717) is 11.5 Å². The number of piperidine rings is 1. The summed E-state index contributed by atoms with van der Waals surface area (Å²) in [7, 11) is 0. The lowest BCUT2D eigenvalue weighted by atomic mass is 9.67. The van der Waals surface area contributed by atoms with Gasteiger partial charge in [0.1, 0.15) is 0 Å². The van der Waals surface area contributed by atoms with Crippen LogP contribution in [0.5, 0.6) is 0 Å². The molecule has 1 atom stereocenters. The molecule has 1 spiro atoms. The van der Waals surface area contributed by atoms with Gasteiger partial charge in [0.2, 0.25) is 0 Å². The minimum absolute atomic E-state index is 0.0817. The molecule has 1 heterocycles. The summed E-state index contributed by atoms with van der Waals surface area (Å²) in [6.45, 7) is 2.57. The van der Waals surface area contributed by atoms with Crippen LogP contribution in [-0.4, -0.2) is 30.8 Å². The largest absolute Gasteiger partial charge is 0.394 e. The summed E-state index contributed by atoms with van der Waals surface area (Å²) in [6.07, 6.45) is 7.90. The van der Waals surface area contributed by atoms with E-state index in [1.165, 1.54) is 57.2 Å². The first-order valence-electron chi connectivity index (χ1n) is 8.44. The molecule has 1 aromatic carbocycles. The molecule has 0 bridgehead atoms. The molecule has 3 heteroatoms.